The van der Waals surface area contributed by atoms with Crippen molar-refractivity contribution in [3.05, 3.63) is 57.7 Å². The van der Waals surface area contributed by atoms with Crippen LogP contribution in [0.3, 0.4) is 0 Å². The van der Waals surface area contributed by atoms with Crippen LogP contribution >= 0.6 is 0 Å². The summed E-state index contributed by atoms with van der Waals surface area (Å²) >= 11 is 0. The monoisotopic (exact) mass is 291 g/mol. The molecule has 0 spiro atoms. The van der Waals surface area contributed by atoms with Crippen LogP contribution in [0.25, 0.3) is 0 Å². The molecule has 7 nitrogen and oxygen atoms in total. The van der Waals surface area contributed by atoms with Crippen LogP contribution in [-0.4, -0.2) is 21.0 Å². The standard InChI is InChI=1S/C13H10FN3O4/c1-7-2-8(6-15-5-7)16-11-3-9(13(18)19)12(17(20)21)4-10(11)14/h2-6,16H,1H3,(H,18,19). The number of aromatic carboxylic acids is 1. The highest BCUT2D eigenvalue weighted by Gasteiger charge is 2.23. The van der Waals surface area contributed by atoms with Crippen LogP contribution in [0.15, 0.2) is 30.6 Å². The fourth-order valence-electron chi connectivity index (χ4n) is 1.76. The SMILES string of the molecule is Cc1cncc(Nc2cc(C(=O)O)c([N+](=O)[O-])cc2F)c1. The van der Waals surface area contributed by atoms with Gasteiger partial charge >= 0.3 is 5.97 Å². The summed E-state index contributed by atoms with van der Waals surface area (Å²) in [5, 5.41) is 22.4. The van der Waals surface area contributed by atoms with E-state index < -0.39 is 28.0 Å². The number of nitro benzene ring substituents is 1. The Balaban J connectivity index is 2.47. The van der Waals surface area contributed by atoms with E-state index in [1.807, 2.05) is 0 Å². The summed E-state index contributed by atoms with van der Waals surface area (Å²) in [6.07, 6.45) is 3.02. The van der Waals surface area contributed by atoms with Crippen LogP contribution in [0.1, 0.15) is 15.9 Å². The number of nitrogens with zero attached hydrogens (tertiary/aromatic N) is 2. The first-order valence-electron chi connectivity index (χ1n) is 5.78. The van der Waals surface area contributed by atoms with E-state index in [9.17, 15) is 19.3 Å². The normalized spacial score (nSPS) is 10.2. The molecule has 21 heavy (non-hydrogen) atoms. The van der Waals surface area contributed by atoms with Crippen LogP contribution in [0.5, 0.6) is 0 Å². The third-order valence-corrected chi connectivity index (χ3v) is 2.67. The molecule has 2 aromatic rings. The molecular formula is C13H10FN3O4. The molecule has 2 N–H and O–H groups in total. The molecule has 0 unspecified atom stereocenters. The molecule has 0 saturated carbocycles. The molecule has 0 amide bonds. The Morgan fingerprint density at radius 3 is 2.67 bits per heavy atom. The van der Waals surface area contributed by atoms with Crippen LogP contribution < -0.4 is 5.32 Å². The third kappa shape index (κ3) is 3.11. The minimum atomic E-state index is -1.51. The number of pyridine rings is 1. The van der Waals surface area contributed by atoms with Gasteiger partial charge in [-0.15, -0.1) is 0 Å². The number of carbonyl (C=O) groups is 1. The number of nitro groups is 1. The Morgan fingerprint density at radius 1 is 1.38 bits per heavy atom. The number of carboxylic acids is 1. The van der Waals surface area contributed by atoms with Crippen LogP contribution in [-0.2, 0) is 0 Å². The van der Waals surface area contributed by atoms with E-state index in [0.29, 0.717) is 11.8 Å². The number of hydrogen-bond acceptors (Lipinski definition) is 5. The predicted molar refractivity (Wildman–Crippen MR) is 72.3 cm³/mol. The highest BCUT2D eigenvalue weighted by atomic mass is 19.1. The van der Waals surface area contributed by atoms with Crippen molar-refractivity contribution in [3.8, 4) is 0 Å². The molecule has 108 valence electrons. The van der Waals surface area contributed by atoms with E-state index >= 15 is 0 Å². The Bertz CT molecular complexity index is 733. The molecule has 0 saturated heterocycles. The molecule has 0 fully saturated rings. The van der Waals surface area contributed by atoms with Crippen molar-refractivity contribution in [2.75, 3.05) is 5.32 Å². The summed E-state index contributed by atoms with van der Waals surface area (Å²) in [7, 11) is 0. The summed E-state index contributed by atoms with van der Waals surface area (Å²) in [4.78, 5) is 24.7. The smallest absolute Gasteiger partial charge is 0.342 e. The second kappa shape index (κ2) is 5.53. The van der Waals surface area contributed by atoms with Gasteiger partial charge in [0.2, 0.25) is 0 Å². The van der Waals surface area contributed by atoms with E-state index in [4.69, 9.17) is 5.11 Å². The number of halogens is 1. The topological polar surface area (TPSA) is 105 Å². The second-order valence-electron chi connectivity index (χ2n) is 4.29. The van der Waals surface area contributed by atoms with E-state index in [0.717, 1.165) is 11.6 Å². The lowest BCUT2D eigenvalue weighted by molar-refractivity contribution is -0.385. The first-order chi connectivity index (χ1) is 9.88. The van der Waals surface area contributed by atoms with Gasteiger partial charge in [-0.25, -0.2) is 9.18 Å². The zero-order valence-corrected chi connectivity index (χ0v) is 10.8. The number of aromatic nitrogens is 1. The molecule has 0 atom stereocenters. The average Bonchev–Trinajstić information content (AvgIpc) is 2.40. The number of nitrogens with one attached hydrogen (secondary N) is 1. The average molecular weight is 291 g/mol. The van der Waals surface area contributed by atoms with E-state index in [-0.39, 0.29) is 5.69 Å². The fourth-order valence-corrected chi connectivity index (χ4v) is 1.76. The molecule has 0 aliphatic carbocycles. The molecule has 0 radical (unpaired) electrons. The number of aryl methyl sites for hydroxylation is 1. The van der Waals surface area contributed by atoms with Crippen LogP contribution in [0, 0.1) is 22.9 Å². The van der Waals surface area contributed by atoms with Gasteiger partial charge in [0.25, 0.3) is 5.69 Å². The van der Waals surface area contributed by atoms with E-state index in [1.54, 1.807) is 19.2 Å². The Labute approximate surface area is 118 Å². The van der Waals surface area contributed by atoms with Crippen molar-refractivity contribution in [2.45, 2.75) is 6.92 Å². The minimum Gasteiger partial charge on any atom is -0.477 e. The maximum atomic E-state index is 13.9. The number of hydrogen-bond donors (Lipinski definition) is 2. The van der Waals surface area contributed by atoms with Crippen molar-refractivity contribution >= 4 is 23.0 Å². The Morgan fingerprint density at radius 2 is 2.10 bits per heavy atom. The predicted octanol–water partition coefficient (Wildman–Crippen LogP) is 2.88. The molecule has 2 rings (SSSR count). The zero-order valence-electron chi connectivity index (χ0n) is 10.8. The van der Waals surface area contributed by atoms with Crippen molar-refractivity contribution in [1.29, 1.82) is 0 Å². The van der Waals surface area contributed by atoms with Gasteiger partial charge in [-0.05, 0) is 24.6 Å². The highest BCUT2D eigenvalue weighted by Crippen LogP contribution is 2.28. The van der Waals surface area contributed by atoms with Crippen molar-refractivity contribution in [1.82, 2.24) is 4.98 Å². The summed E-state index contributed by atoms with van der Waals surface area (Å²) in [6.45, 7) is 1.78. The summed E-state index contributed by atoms with van der Waals surface area (Å²) in [5.41, 5.74) is -0.303. The number of rotatable bonds is 4. The maximum absolute atomic E-state index is 13.9. The maximum Gasteiger partial charge on any atom is 0.342 e. The van der Waals surface area contributed by atoms with Crippen LogP contribution in [0.2, 0.25) is 0 Å². The van der Waals surface area contributed by atoms with Gasteiger partial charge in [0, 0.05) is 6.20 Å². The quantitative estimate of drug-likeness (QED) is 0.662. The Hall–Kier alpha value is -3.03. The first-order valence-corrected chi connectivity index (χ1v) is 5.78. The molecule has 8 heteroatoms. The molecule has 0 aliphatic heterocycles. The van der Waals surface area contributed by atoms with E-state index in [2.05, 4.69) is 10.3 Å². The van der Waals surface area contributed by atoms with Crippen molar-refractivity contribution < 1.29 is 19.2 Å². The van der Waals surface area contributed by atoms with Gasteiger partial charge in [-0.2, -0.15) is 0 Å². The lowest BCUT2D eigenvalue weighted by atomic mass is 10.1. The first kappa shape index (κ1) is 14.4. The van der Waals surface area contributed by atoms with Gasteiger partial charge in [-0.1, -0.05) is 0 Å². The fraction of sp³-hybridized carbons (Fsp3) is 0.0769. The zero-order chi connectivity index (χ0) is 15.6. The lowest BCUT2D eigenvalue weighted by Gasteiger charge is -2.09. The summed E-state index contributed by atoms with van der Waals surface area (Å²) in [6, 6.07) is 3.14. The van der Waals surface area contributed by atoms with Crippen LogP contribution in [0.4, 0.5) is 21.5 Å². The van der Waals surface area contributed by atoms with Gasteiger partial charge < -0.3 is 10.4 Å². The third-order valence-electron chi connectivity index (χ3n) is 2.67. The molecule has 1 aromatic heterocycles. The molecule has 1 heterocycles. The largest absolute Gasteiger partial charge is 0.477 e. The Kier molecular flexibility index (Phi) is 3.79. The molecule has 0 aliphatic rings. The van der Waals surface area contributed by atoms with Gasteiger partial charge in [0.1, 0.15) is 5.56 Å². The van der Waals surface area contributed by atoms with E-state index in [1.165, 1.54) is 6.20 Å². The minimum absolute atomic E-state index is 0.176. The van der Waals surface area contributed by atoms with Crippen molar-refractivity contribution in [2.24, 2.45) is 0 Å². The van der Waals surface area contributed by atoms with Gasteiger partial charge in [-0.3, -0.25) is 15.1 Å². The number of benzene rings is 1. The molecule has 1 aromatic carbocycles. The molecule has 0 bridgehead atoms. The summed E-state index contributed by atoms with van der Waals surface area (Å²) < 4.78 is 13.9. The van der Waals surface area contributed by atoms with Gasteiger partial charge in [0.05, 0.1) is 28.6 Å². The number of carboxylic acid groups (broad SMARTS) is 1. The second-order valence-corrected chi connectivity index (χ2v) is 4.29. The highest BCUT2D eigenvalue weighted by molar-refractivity contribution is 5.94. The summed E-state index contributed by atoms with van der Waals surface area (Å²) in [5.74, 6) is -2.43. The lowest BCUT2D eigenvalue weighted by Crippen LogP contribution is -2.05. The van der Waals surface area contributed by atoms with Crippen molar-refractivity contribution in [3.63, 3.8) is 0 Å². The number of anilines is 2. The van der Waals surface area contributed by atoms with Gasteiger partial charge in [0.15, 0.2) is 5.82 Å². The molecular weight excluding hydrogens is 281 g/mol.